The van der Waals surface area contributed by atoms with Gasteiger partial charge in [-0.1, -0.05) is 18.0 Å². The maximum Gasteiger partial charge on any atom is 0.186 e. The summed E-state index contributed by atoms with van der Waals surface area (Å²) in [6, 6.07) is 4.65. The standard InChI is InChI=1S/C13H18ClNOS/c1-9-4-3-5-10(2)15(9)8-11(16)12-6-7-13(14)17-12/h6-7,9-10H,3-5,8H2,1-2H3. The third-order valence-corrected chi connectivity index (χ3v) is 4.82. The number of piperidine rings is 1. The highest BCUT2D eigenvalue weighted by atomic mass is 35.5. The van der Waals surface area contributed by atoms with Crippen LogP contribution in [0.2, 0.25) is 4.34 Å². The Morgan fingerprint density at radius 3 is 2.59 bits per heavy atom. The minimum atomic E-state index is 0.197. The lowest BCUT2D eigenvalue weighted by Crippen LogP contribution is -2.46. The van der Waals surface area contributed by atoms with Crippen LogP contribution >= 0.6 is 22.9 Å². The molecule has 0 saturated carbocycles. The first-order valence-electron chi connectivity index (χ1n) is 6.12. The van der Waals surface area contributed by atoms with Gasteiger partial charge in [0.05, 0.1) is 15.8 Å². The number of nitrogens with zero attached hydrogens (tertiary/aromatic N) is 1. The fourth-order valence-electron chi connectivity index (χ4n) is 2.49. The van der Waals surface area contributed by atoms with Crippen molar-refractivity contribution in [2.75, 3.05) is 6.54 Å². The van der Waals surface area contributed by atoms with Gasteiger partial charge in [-0.2, -0.15) is 0 Å². The van der Waals surface area contributed by atoms with Gasteiger partial charge < -0.3 is 0 Å². The molecule has 2 nitrogen and oxygen atoms in total. The van der Waals surface area contributed by atoms with E-state index < -0.39 is 0 Å². The molecular weight excluding hydrogens is 254 g/mol. The molecule has 2 atom stereocenters. The molecule has 0 aromatic carbocycles. The summed E-state index contributed by atoms with van der Waals surface area (Å²) in [6.07, 6.45) is 3.67. The van der Waals surface area contributed by atoms with Gasteiger partial charge in [-0.05, 0) is 38.8 Å². The molecule has 1 aromatic rings. The molecule has 17 heavy (non-hydrogen) atoms. The summed E-state index contributed by atoms with van der Waals surface area (Å²) in [4.78, 5) is 15.2. The van der Waals surface area contributed by atoms with Gasteiger partial charge in [0, 0.05) is 12.1 Å². The molecule has 4 heteroatoms. The number of hydrogen-bond acceptors (Lipinski definition) is 3. The van der Waals surface area contributed by atoms with Crippen molar-refractivity contribution in [3.63, 3.8) is 0 Å². The van der Waals surface area contributed by atoms with Gasteiger partial charge in [-0.25, -0.2) is 0 Å². The number of Topliss-reactive ketones (excluding diaryl/α,β-unsaturated/α-hetero) is 1. The van der Waals surface area contributed by atoms with Crippen LogP contribution in [0, 0.1) is 0 Å². The molecule has 1 aromatic heterocycles. The number of halogens is 1. The van der Waals surface area contributed by atoms with E-state index in [1.165, 1.54) is 30.6 Å². The second-order valence-corrected chi connectivity index (χ2v) is 6.54. The van der Waals surface area contributed by atoms with E-state index in [1.54, 1.807) is 6.07 Å². The van der Waals surface area contributed by atoms with E-state index >= 15 is 0 Å². The van der Waals surface area contributed by atoms with Crippen LogP contribution in [0.4, 0.5) is 0 Å². The summed E-state index contributed by atoms with van der Waals surface area (Å²) in [5.74, 6) is 0.197. The number of rotatable bonds is 3. The Morgan fingerprint density at radius 2 is 2.06 bits per heavy atom. The predicted molar refractivity (Wildman–Crippen MR) is 73.1 cm³/mol. The Morgan fingerprint density at radius 1 is 1.41 bits per heavy atom. The summed E-state index contributed by atoms with van der Waals surface area (Å²) in [6.45, 7) is 4.95. The molecule has 0 amide bonds. The minimum absolute atomic E-state index is 0.197. The van der Waals surface area contributed by atoms with E-state index in [-0.39, 0.29) is 5.78 Å². The van der Waals surface area contributed by atoms with E-state index in [4.69, 9.17) is 11.6 Å². The average Bonchev–Trinajstić information content (AvgIpc) is 2.70. The minimum Gasteiger partial charge on any atom is -0.292 e. The van der Waals surface area contributed by atoms with E-state index in [2.05, 4.69) is 18.7 Å². The Labute approximate surface area is 112 Å². The van der Waals surface area contributed by atoms with Crippen molar-refractivity contribution >= 4 is 28.7 Å². The molecule has 1 aliphatic heterocycles. The first-order valence-corrected chi connectivity index (χ1v) is 7.31. The highest BCUT2D eigenvalue weighted by molar-refractivity contribution is 7.18. The van der Waals surface area contributed by atoms with Gasteiger partial charge >= 0.3 is 0 Å². The van der Waals surface area contributed by atoms with Crippen LogP contribution in [-0.4, -0.2) is 29.3 Å². The van der Waals surface area contributed by atoms with Gasteiger partial charge in [-0.3, -0.25) is 9.69 Å². The largest absolute Gasteiger partial charge is 0.292 e. The third-order valence-electron chi connectivity index (χ3n) is 3.55. The molecule has 2 unspecified atom stereocenters. The monoisotopic (exact) mass is 271 g/mol. The van der Waals surface area contributed by atoms with E-state index in [0.717, 1.165) is 4.88 Å². The smallest absolute Gasteiger partial charge is 0.186 e. The molecule has 0 N–H and O–H groups in total. The number of likely N-dealkylation sites (tertiary alicyclic amines) is 1. The van der Waals surface area contributed by atoms with Crippen LogP contribution in [0.5, 0.6) is 0 Å². The molecule has 94 valence electrons. The normalized spacial score (nSPS) is 26.1. The van der Waals surface area contributed by atoms with Crippen LogP contribution in [0.3, 0.4) is 0 Å². The van der Waals surface area contributed by atoms with Crippen molar-refractivity contribution < 1.29 is 4.79 Å². The number of carbonyl (C=O) groups is 1. The summed E-state index contributed by atoms with van der Waals surface area (Å²) < 4.78 is 0.688. The summed E-state index contributed by atoms with van der Waals surface area (Å²) >= 11 is 7.23. The van der Waals surface area contributed by atoms with Crippen LogP contribution < -0.4 is 0 Å². The molecule has 0 aliphatic carbocycles. The van der Waals surface area contributed by atoms with Crippen molar-refractivity contribution in [1.29, 1.82) is 0 Å². The second-order valence-electron chi connectivity index (χ2n) is 4.83. The lowest BCUT2D eigenvalue weighted by atomic mass is 9.97. The summed E-state index contributed by atoms with van der Waals surface area (Å²) in [5.41, 5.74) is 0. The van der Waals surface area contributed by atoms with E-state index in [0.29, 0.717) is 23.0 Å². The van der Waals surface area contributed by atoms with Crippen LogP contribution in [0.25, 0.3) is 0 Å². The summed E-state index contributed by atoms with van der Waals surface area (Å²) in [5, 5.41) is 0. The number of thiophene rings is 1. The lowest BCUT2D eigenvalue weighted by molar-refractivity contribution is 0.0738. The Balaban J connectivity index is 2.02. The molecule has 1 aliphatic rings. The zero-order chi connectivity index (χ0) is 12.4. The van der Waals surface area contributed by atoms with Gasteiger partial charge in [0.2, 0.25) is 0 Å². The highest BCUT2D eigenvalue weighted by Crippen LogP contribution is 2.25. The molecule has 0 bridgehead atoms. The van der Waals surface area contributed by atoms with E-state index in [1.807, 2.05) is 6.07 Å². The highest BCUT2D eigenvalue weighted by Gasteiger charge is 2.26. The van der Waals surface area contributed by atoms with Gasteiger partial charge in [0.1, 0.15) is 0 Å². The van der Waals surface area contributed by atoms with Crippen LogP contribution in [-0.2, 0) is 0 Å². The molecule has 2 rings (SSSR count). The lowest BCUT2D eigenvalue weighted by Gasteiger charge is -2.38. The Bertz CT molecular complexity index is 394. The van der Waals surface area contributed by atoms with Gasteiger partial charge in [0.15, 0.2) is 5.78 Å². The van der Waals surface area contributed by atoms with Crippen molar-refractivity contribution in [3.05, 3.63) is 21.3 Å². The van der Waals surface area contributed by atoms with Crippen molar-refractivity contribution in [2.45, 2.75) is 45.2 Å². The summed E-state index contributed by atoms with van der Waals surface area (Å²) in [7, 11) is 0. The molecule has 2 heterocycles. The maximum absolute atomic E-state index is 12.1. The SMILES string of the molecule is CC1CCCC(C)N1CC(=O)c1ccc(Cl)s1. The van der Waals surface area contributed by atoms with Crippen LogP contribution in [0.15, 0.2) is 12.1 Å². The van der Waals surface area contributed by atoms with E-state index in [9.17, 15) is 4.79 Å². The van der Waals surface area contributed by atoms with Crippen molar-refractivity contribution in [1.82, 2.24) is 4.90 Å². The Hall–Kier alpha value is -0.380. The fourth-order valence-corrected chi connectivity index (χ4v) is 3.47. The zero-order valence-electron chi connectivity index (χ0n) is 10.3. The first kappa shape index (κ1) is 13.1. The molecule has 1 saturated heterocycles. The third kappa shape index (κ3) is 3.09. The Kier molecular flexibility index (Phi) is 4.23. The number of ketones is 1. The molecular formula is C13H18ClNOS. The average molecular weight is 272 g/mol. The molecule has 0 spiro atoms. The van der Waals surface area contributed by atoms with Gasteiger partial charge in [-0.15, -0.1) is 11.3 Å². The number of hydrogen-bond donors (Lipinski definition) is 0. The predicted octanol–water partition coefficient (Wildman–Crippen LogP) is 3.85. The maximum atomic E-state index is 12.1. The van der Waals surface area contributed by atoms with Crippen LogP contribution in [0.1, 0.15) is 42.8 Å². The number of carbonyl (C=O) groups excluding carboxylic acids is 1. The second kappa shape index (κ2) is 5.51. The quantitative estimate of drug-likeness (QED) is 0.779. The topological polar surface area (TPSA) is 20.3 Å². The first-order chi connectivity index (χ1) is 8.08. The van der Waals surface area contributed by atoms with Gasteiger partial charge in [0.25, 0.3) is 0 Å². The zero-order valence-corrected chi connectivity index (χ0v) is 11.9. The molecule has 1 fully saturated rings. The molecule has 0 radical (unpaired) electrons. The fraction of sp³-hybridized carbons (Fsp3) is 0.615. The van der Waals surface area contributed by atoms with Crippen molar-refractivity contribution in [2.24, 2.45) is 0 Å². The van der Waals surface area contributed by atoms with Crippen molar-refractivity contribution in [3.8, 4) is 0 Å².